The van der Waals surface area contributed by atoms with Crippen LogP contribution in [0.5, 0.6) is 0 Å². The van der Waals surface area contributed by atoms with E-state index in [2.05, 4.69) is 5.32 Å². The lowest BCUT2D eigenvalue weighted by Crippen LogP contribution is -2.48. The number of hydrogen-bond donors (Lipinski definition) is 3. The molecule has 0 spiro atoms. The van der Waals surface area contributed by atoms with Crippen molar-refractivity contribution in [2.24, 2.45) is 11.7 Å². The number of carbonyl (C=O) groups excluding carboxylic acids is 1. The smallest absolute Gasteiger partial charge is 0.308 e. The number of hydrogen-bond acceptors (Lipinski definition) is 5. The molecular weight excluding hydrogens is 260 g/mol. The fourth-order valence-electron chi connectivity index (χ4n) is 1.14. The molecule has 0 aromatic carbocycles. The van der Waals surface area contributed by atoms with E-state index < -0.39 is 39.7 Å². The van der Waals surface area contributed by atoms with E-state index >= 15 is 0 Å². The fraction of sp³-hybridized carbons (Fsp3) is 0.800. The van der Waals surface area contributed by atoms with Crippen LogP contribution in [-0.2, 0) is 19.4 Å². The summed E-state index contributed by atoms with van der Waals surface area (Å²) in [7, 11) is -3.17. The van der Waals surface area contributed by atoms with Crippen LogP contribution < -0.4 is 11.1 Å². The van der Waals surface area contributed by atoms with E-state index in [0.29, 0.717) is 0 Å². The van der Waals surface area contributed by atoms with Gasteiger partial charge >= 0.3 is 5.97 Å². The van der Waals surface area contributed by atoms with E-state index in [1.165, 1.54) is 6.92 Å². The zero-order valence-electron chi connectivity index (χ0n) is 10.7. The van der Waals surface area contributed by atoms with Crippen molar-refractivity contribution in [3.05, 3.63) is 0 Å². The molecule has 0 radical (unpaired) electrons. The van der Waals surface area contributed by atoms with Gasteiger partial charge in [-0.25, -0.2) is 8.42 Å². The molecule has 0 aliphatic carbocycles. The lowest BCUT2D eigenvalue weighted by molar-refractivity contribution is -0.142. The van der Waals surface area contributed by atoms with Crippen LogP contribution in [0.2, 0.25) is 0 Å². The summed E-state index contributed by atoms with van der Waals surface area (Å²) in [5.74, 6) is -2.48. The molecule has 0 aromatic rings. The zero-order valence-corrected chi connectivity index (χ0v) is 11.5. The van der Waals surface area contributed by atoms with Crippen LogP contribution in [0.1, 0.15) is 20.3 Å². The quantitative estimate of drug-likeness (QED) is 0.547. The molecule has 0 fully saturated rings. The van der Waals surface area contributed by atoms with E-state index in [0.717, 1.165) is 6.26 Å². The average molecular weight is 280 g/mol. The third-order valence-electron chi connectivity index (χ3n) is 2.65. The van der Waals surface area contributed by atoms with Gasteiger partial charge in [0.25, 0.3) is 0 Å². The molecule has 8 heteroatoms. The molecule has 0 rings (SSSR count). The van der Waals surface area contributed by atoms with Crippen molar-refractivity contribution < 1.29 is 23.1 Å². The Hall–Kier alpha value is -1.15. The number of sulfone groups is 1. The number of nitrogens with two attached hydrogens (primary N) is 1. The Morgan fingerprint density at radius 1 is 1.33 bits per heavy atom. The molecule has 3 atom stereocenters. The van der Waals surface area contributed by atoms with E-state index in [1.54, 1.807) is 6.92 Å². The molecule has 0 heterocycles. The van der Waals surface area contributed by atoms with Gasteiger partial charge in [-0.15, -0.1) is 0 Å². The van der Waals surface area contributed by atoms with Crippen LogP contribution in [0.15, 0.2) is 0 Å². The second-order valence-corrected chi connectivity index (χ2v) is 6.71. The van der Waals surface area contributed by atoms with Gasteiger partial charge in [-0.05, 0) is 20.3 Å². The zero-order chi connectivity index (χ0) is 14.5. The highest BCUT2D eigenvalue weighted by molar-refractivity contribution is 7.90. The maximum atomic E-state index is 11.6. The third-order valence-corrected chi connectivity index (χ3v) is 3.62. The Bertz CT molecular complexity index is 406. The van der Waals surface area contributed by atoms with E-state index in [4.69, 9.17) is 10.8 Å². The lowest BCUT2D eigenvalue weighted by atomic mass is 10.0. The lowest BCUT2D eigenvalue weighted by Gasteiger charge is -2.20. The minimum Gasteiger partial charge on any atom is -0.481 e. The van der Waals surface area contributed by atoms with Crippen molar-refractivity contribution in [2.75, 3.05) is 12.0 Å². The highest BCUT2D eigenvalue weighted by Crippen LogP contribution is 2.03. The minimum absolute atomic E-state index is 0.0127. The van der Waals surface area contributed by atoms with Crippen molar-refractivity contribution >= 4 is 21.7 Å². The maximum Gasteiger partial charge on any atom is 0.308 e. The summed E-state index contributed by atoms with van der Waals surface area (Å²) in [6, 6.07) is -1.53. The number of carboxylic acids is 1. The van der Waals surface area contributed by atoms with Crippen LogP contribution in [0.25, 0.3) is 0 Å². The molecule has 0 aliphatic heterocycles. The van der Waals surface area contributed by atoms with Crippen LogP contribution >= 0.6 is 0 Å². The van der Waals surface area contributed by atoms with Gasteiger partial charge in [0, 0.05) is 12.3 Å². The SMILES string of the molecule is CC(NC(=O)C(N)CCS(C)(=O)=O)C(C)C(=O)O. The molecule has 7 nitrogen and oxygen atoms in total. The van der Waals surface area contributed by atoms with Crippen LogP contribution in [0.3, 0.4) is 0 Å². The molecule has 18 heavy (non-hydrogen) atoms. The number of nitrogens with one attached hydrogen (secondary N) is 1. The summed E-state index contributed by atoms with van der Waals surface area (Å²) in [5, 5.41) is 11.2. The summed E-state index contributed by atoms with van der Waals surface area (Å²) in [6.07, 6.45) is 1.07. The van der Waals surface area contributed by atoms with E-state index in [1.807, 2.05) is 0 Å². The van der Waals surface area contributed by atoms with E-state index in [-0.39, 0.29) is 12.2 Å². The highest BCUT2D eigenvalue weighted by Gasteiger charge is 2.23. The Kier molecular flexibility index (Phi) is 6.27. The molecule has 0 saturated heterocycles. The number of aliphatic carboxylic acids is 1. The molecule has 4 N–H and O–H groups in total. The first-order valence-corrected chi connectivity index (χ1v) is 7.57. The molecule has 106 valence electrons. The standard InChI is InChI=1S/C10H20N2O5S/c1-6(10(14)15)7(2)12-9(13)8(11)4-5-18(3,16)17/h6-8H,4-5,11H2,1-3H3,(H,12,13)(H,14,15). The van der Waals surface area contributed by atoms with Crippen molar-refractivity contribution in [3.8, 4) is 0 Å². The topological polar surface area (TPSA) is 127 Å². The largest absolute Gasteiger partial charge is 0.481 e. The molecular formula is C10H20N2O5S. The van der Waals surface area contributed by atoms with Gasteiger partial charge in [-0.1, -0.05) is 0 Å². The summed E-state index contributed by atoms with van der Waals surface area (Å²) < 4.78 is 21.8. The monoisotopic (exact) mass is 280 g/mol. The Balaban J connectivity index is 4.28. The van der Waals surface area contributed by atoms with Crippen molar-refractivity contribution in [1.82, 2.24) is 5.32 Å². The summed E-state index contributed by atoms with van der Waals surface area (Å²) in [4.78, 5) is 22.3. The maximum absolute atomic E-state index is 11.6. The Morgan fingerprint density at radius 3 is 2.22 bits per heavy atom. The van der Waals surface area contributed by atoms with Crippen molar-refractivity contribution in [2.45, 2.75) is 32.4 Å². The predicted molar refractivity (Wildman–Crippen MR) is 66.7 cm³/mol. The Morgan fingerprint density at radius 2 is 1.83 bits per heavy atom. The summed E-state index contributed by atoms with van der Waals surface area (Å²) in [5.41, 5.74) is 5.53. The molecule has 0 bridgehead atoms. The number of carboxylic acid groups (broad SMARTS) is 1. The summed E-state index contributed by atoms with van der Waals surface area (Å²) in [6.45, 7) is 3.02. The first-order chi connectivity index (χ1) is 8.04. The summed E-state index contributed by atoms with van der Waals surface area (Å²) >= 11 is 0. The fourth-order valence-corrected chi connectivity index (χ4v) is 1.82. The number of rotatable bonds is 7. The Labute approximate surface area is 107 Å². The van der Waals surface area contributed by atoms with Gasteiger partial charge in [-0.3, -0.25) is 9.59 Å². The normalized spacial score (nSPS) is 16.7. The number of amides is 1. The molecule has 0 aromatic heterocycles. The van der Waals surface area contributed by atoms with Crippen LogP contribution in [0, 0.1) is 5.92 Å². The molecule has 3 unspecified atom stereocenters. The van der Waals surface area contributed by atoms with Gasteiger partial charge < -0.3 is 16.2 Å². The first-order valence-electron chi connectivity index (χ1n) is 5.51. The minimum atomic E-state index is -3.17. The second-order valence-electron chi connectivity index (χ2n) is 4.45. The van der Waals surface area contributed by atoms with Crippen LogP contribution in [0.4, 0.5) is 0 Å². The second kappa shape index (κ2) is 6.69. The molecule has 1 amide bonds. The number of carbonyl (C=O) groups is 2. The molecule has 0 aliphatic rings. The molecule has 0 saturated carbocycles. The highest BCUT2D eigenvalue weighted by atomic mass is 32.2. The van der Waals surface area contributed by atoms with Crippen molar-refractivity contribution in [1.29, 1.82) is 0 Å². The predicted octanol–water partition coefficient (Wildman–Crippen LogP) is -1.03. The van der Waals surface area contributed by atoms with Gasteiger partial charge in [-0.2, -0.15) is 0 Å². The van der Waals surface area contributed by atoms with Gasteiger partial charge in [0.1, 0.15) is 9.84 Å². The average Bonchev–Trinajstić information content (AvgIpc) is 2.23. The van der Waals surface area contributed by atoms with Crippen LogP contribution in [-0.4, -0.2) is 49.5 Å². The van der Waals surface area contributed by atoms with Gasteiger partial charge in [0.15, 0.2) is 0 Å². The van der Waals surface area contributed by atoms with Crippen molar-refractivity contribution in [3.63, 3.8) is 0 Å². The van der Waals surface area contributed by atoms with Gasteiger partial charge in [0.05, 0.1) is 17.7 Å². The first kappa shape index (κ1) is 16.9. The van der Waals surface area contributed by atoms with Gasteiger partial charge in [0.2, 0.25) is 5.91 Å². The third kappa shape index (κ3) is 6.55. The van der Waals surface area contributed by atoms with E-state index in [9.17, 15) is 18.0 Å².